The maximum absolute atomic E-state index is 5.31. The molecule has 1 fully saturated rings. The van der Waals surface area contributed by atoms with Crippen LogP contribution in [-0.4, -0.2) is 37.7 Å². The van der Waals surface area contributed by atoms with Crippen molar-refractivity contribution in [2.45, 2.75) is 18.9 Å². The Bertz CT molecular complexity index is 185. The van der Waals surface area contributed by atoms with E-state index in [9.17, 15) is 0 Å². The lowest BCUT2D eigenvalue weighted by atomic mass is 10.2. The zero-order chi connectivity index (χ0) is 8.32. The van der Waals surface area contributed by atoms with Crippen LogP contribution in [0, 0.1) is 11.8 Å². The lowest BCUT2D eigenvalue weighted by Gasteiger charge is -2.27. The number of hydrogen-bond donors (Lipinski definition) is 1. The van der Waals surface area contributed by atoms with Crippen molar-refractivity contribution in [1.82, 2.24) is 0 Å². The molecule has 0 bridgehead atoms. The van der Waals surface area contributed by atoms with Gasteiger partial charge in [-0.2, -0.15) is 0 Å². The predicted octanol–water partition coefficient (Wildman–Crippen LogP) is 0.187. The summed E-state index contributed by atoms with van der Waals surface area (Å²) in [5.41, 5.74) is 5.31. The molecule has 11 heavy (non-hydrogen) atoms. The molecule has 1 rings (SSSR count). The average molecular weight is 153 g/mol. The van der Waals surface area contributed by atoms with Crippen LogP contribution in [0.1, 0.15) is 12.8 Å². The molecular formula is C9H17N2+. The van der Waals surface area contributed by atoms with Gasteiger partial charge in [0, 0.05) is 12.8 Å². The second-order valence-corrected chi connectivity index (χ2v) is 3.69. The van der Waals surface area contributed by atoms with Crippen LogP contribution in [0.25, 0.3) is 0 Å². The molecule has 0 amide bonds. The van der Waals surface area contributed by atoms with E-state index in [2.05, 4.69) is 25.9 Å². The Morgan fingerprint density at radius 2 is 2.27 bits per heavy atom. The molecule has 0 unspecified atom stereocenters. The highest BCUT2D eigenvalue weighted by Gasteiger charge is 2.32. The average Bonchev–Trinajstić information content (AvgIpc) is 2.25. The van der Waals surface area contributed by atoms with Gasteiger partial charge in [0.15, 0.2) is 6.04 Å². The summed E-state index contributed by atoms with van der Waals surface area (Å²) >= 11 is 0. The van der Waals surface area contributed by atoms with E-state index in [0.717, 1.165) is 4.48 Å². The topological polar surface area (TPSA) is 26.0 Å². The summed E-state index contributed by atoms with van der Waals surface area (Å²) in [6.07, 6.45) is 2.54. The van der Waals surface area contributed by atoms with Crippen molar-refractivity contribution in [3.8, 4) is 11.8 Å². The minimum atomic E-state index is 0.497. The monoisotopic (exact) mass is 153 g/mol. The smallest absolute Gasteiger partial charge is 0.150 e. The van der Waals surface area contributed by atoms with Crippen LogP contribution in [0.5, 0.6) is 0 Å². The molecule has 62 valence electrons. The molecule has 1 aliphatic heterocycles. The first kappa shape index (κ1) is 8.58. The fourth-order valence-corrected chi connectivity index (χ4v) is 1.62. The molecule has 1 aliphatic rings. The maximum atomic E-state index is 5.31. The lowest BCUT2D eigenvalue weighted by molar-refractivity contribution is -0.894. The molecule has 1 heterocycles. The fraction of sp³-hybridized carbons (Fsp3) is 0.778. The Morgan fingerprint density at radius 1 is 1.55 bits per heavy atom. The normalized spacial score (nSPS) is 27.7. The number of quaternary nitrogens is 1. The van der Waals surface area contributed by atoms with Crippen LogP contribution in [0.3, 0.4) is 0 Å². The van der Waals surface area contributed by atoms with Crippen LogP contribution in [-0.2, 0) is 0 Å². The van der Waals surface area contributed by atoms with Crippen LogP contribution >= 0.6 is 0 Å². The van der Waals surface area contributed by atoms with Crippen molar-refractivity contribution in [3.05, 3.63) is 0 Å². The van der Waals surface area contributed by atoms with Crippen LogP contribution in [0.2, 0.25) is 0 Å². The largest absolute Gasteiger partial charge is 0.320 e. The summed E-state index contributed by atoms with van der Waals surface area (Å²) in [6, 6.07) is 0.526. The third-order valence-electron chi connectivity index (χ3n) is 2.43. The van der Waals surface area contributed by atoms with Crippen molar-refractivity contribution in [2.24, 2.45) is 5.73 Å². The molecule has 0 aromatic heterocycles. The van der Waals surface area contributed by atoms with Crippen LogP contribution in [0.15, 0.2) is 0 Å². The predicted molar refractivity (Wildman–Crippen MR) is 46.8 cm³/mol. The Kier molecular flexibility index (Phi) is 2.53. The first-order chi connectivity index (χ1) is 5.17. The van der Waals surface area contributed by atoms with E-state index in [-0.39, 0.29) is 0 Å². The number of nitrogens with zero attached hydrogens (tertiary/aromatic N) is 1. The molecule has 0 aromatic rings. The molecule has 0 aromatic carbocycles. The fourth-order valence-electron chi connectivity index (χ4n) is 1.62. The third-order valence-corrected chi connectivity index (χ3v) is 2.43. The summed E-state index contributed by atoms with van der Waals surface area (Å²) in [6.45, 7) is 1.75. The SMILES string of the molecule is C[N+]1(C)CCC[C@@H]1C#CCN. The van der Waals surface area contributed by atoms with Gasteiger partial charge in [-0.05, 0) is 5.92 Å². The number of likely N-dealkylation sites (tertiary alicyclic amines) is 1. The first-order valence-electron chi connectivity index (χ1n) is 4.18. The highest BCUT2D eigenvalue weighted by atomic mass is 15.3. The molecule has 0 radical (unpaired) electrons. The first-order valence-corrected chi connectivity index (χ1v) is 4.18. The molecule has 0 saturated carbocycles. The van der Waals surface area contributed by atoms with E-state index in [0.29, 0.717) is 12.6 Å². The van der Waals surface area contributed by atoms with Crippen molar-refractivity contribution < 1.29 is 4.48 Å². The van der Waals surface area contributed by atoms with Gasteiger partial charge in [-0.15, -0.1) is 0 Å². The van der Waals surface area contributed by atoms with E-state index < -0.39 is 0 Å². The molecule has 0 spiro atoms. The molecule has 2 nitrogen and oxygen atoms in total. The molecule has 2 heteroatoms. The molecule has 1 saturated heterocycles. The van der Waals surface area contributed by atoms with Gasteiger partial charge in [0.05, 0.1) is 27.2 Å². The standard InChI is InChI=1S/C9H17N2/c1-11(2)8-4-6-9(11)5-3-7-10/h9H,4,6-8,10H2,1-2H3/q+1/t9-/m0/s1. The van der Waals surface area contributed by atoms with Gasteiger partial charge in [0.1, 0.15) is 0 Å². The highest BCUT2D eigenvalue weighted by Crippen LogP contribution is 2.20. The molecule has 1 atom stereocenters. The zero-order valence-electron chi connectivity index (χ0n) is 7.43. The molecule has 2 N–H and O–H groups in total. The van der Waals surface area contributed by atoms with Gasteiger partial charge in [-0.25, -0.2) is 0 Å². The summed E-state index contributed by atoms with van der Waals surface area (Å²) in [5, 5.41) is 0. The van der Waals surface area contributed by atoms with Gasteiger partial charge in [0.2, 0.25) is 0 Å². The van der Waals surface area contributed by atoms with Gasteiger partial charge in [-0.1, -0.05) is 5.92 Å². The lowest BCUT2D eigenvalue weighted by Crippen LogP contribution is -2.43. The van der Waals surface area contributed by atoms with E-state index in [4.69, 9.17) is 5.73 Å². The molecular weight excluding hydrogens is 136 g/mol. The molecule has 0 aliphatic carbocycles. The van der Waals surface area contributed by atoms with Crippen molar-refractivity contribution >= 4 is 0 Å². The van der Waals surface area contributed by atoms with E-state index in [1.54, 1.807) is 0 Å². The summed E-state index contributed by atoms with van der Waals surface area (Å²) in [4.78, 5) is 0. The van der Waals surface area contributed by atoms with E-state index >= 15 is 0 Å². The Morgan fingerprint density at radius 3 is 2.73 bits per heavy atom. The summed E-state index contributed by atoms with van der Waals surface area (Å²) in [5.74, 6) is 6.18. The quantitative estimate of drug-likeness (QED) is 0.390. The Labute approximate surface area is 69.0 Å². The van der Waals surface area contributed by atoms with Crippen LogP contribution < -0.4 is 5.73 Å². The Hall–Kier alpha value is -0.520. The van der Waals surface area contributed by atoms with Gasteiger partial charge in [0.25, 0.3) is 0 Å². The minimum Gasteiger partial charge on any atom is -0.320 e. The minimum absolute atomic E-state index is 0.497. The maximum Gasteiger partial charge on any atom is 0.150 e. The van der Waals surface area contributed by atoms with Crippen molar-refractivity contribution in [2.75, 3.05) is 27.2 Å². The number of nitrogens with two attached hydrogens (primary N) is 1. The Balaban J connectivity index is 2.58. The number of rotatable bonds is 0. The van der Waals surface area contributed by atoms with Gasteiger partial charge in [-0.3, -0.25) is 0 Å². The second-order valence-electron chi connectivity index (χ2n) is 3.69. The number of hydrogen-bond acceptors (Lipinski definition) is 1. The van der Waals surface area contributed by atoms with Gasteiger partial charge < -0.3 is 10.2 Å². The van der Waals surface area contributed by atoms with Crippen molar-refractivity contribution in [1.29, 1.82) is 0 Å². The highest BCUT2D eigenvalue weighted by molar-refractivity contribution is 5.07. The van der Waals surface area contributed by atoms with Crippen molar-refractivity contribution in [3.63, 3.8) is 0 Å². The third kappa shape index (κ3) is 1.95. The van der Waals surface area contributed by atoms with E-state index in [1.807, 2.05) is 0 Å². The van der Waals surface area contributed by atoms with Crippen LogP contribution in [0.4, 0.5) is 0 Å². The van der Waals surface area contributed by atoms with Gasteiger partial charge >= 0.3 is 0 Å². The summed E-state index contributed by atoms with van der Waals surface area (Å²) in [7, 11) is 4.48. The zero-order valence-corrected chi connectivity index (χ0v) is 7.43. The second kappa shape index (κ2) is 3.25. The van der Waals surface area contributed by atoms with E-state index in [1.165, 1.54) is 19.4 Å². The summed E-state index contributed by atoms with van der Waals surface area (Å²) < 4.78 is 1.05.